The highest BCUT2D eigenvalue weighted by molar-refractivity contribution is 5.70. The monoisotopic (exact) mass is 309 g/mol. The van der Waals surface area contributed by atoms with Gasteiger partial charge in [0.2, 0.25) is 0 Å². The van der Waals surface area contributed by atoms with Gasteiger partial charge in [-0.05, 0) is 35.3 Å². The second kappa shape index (κ2) is 5.64. The summed E-state index contributed by atoms with van der Waals surface area (Å²) in [5, 5.41) is 17.9. The van der Waals surface area contributed by atoms with Gasteiger partial charge in [-0.25, -0.2) is 0 Å². The fourth-order valence-corrected chi connectivity index (χ4v) is 4.07. The normalized spacial score (nSPS) is 35.7. The second-order valence-corrected chi connectivity index (χ2v) is 6.55. The molecule has 0 aromatic heterocycles. The molecule has 0 fully saturated rings. The predicted octanol–water partition coefficient (Wildman–Crippen LogP) is 2.12. The molecular formula is C19H23N3O. The number of aliphatic hydroxyl groups is 1. The van der Waals surface area contributed by atoms with Crippen molar-refractivity contribution in [3.05, 3.63) is 64.8 Å². The van der Waals surface area contributed by atoms with E-state index in [0.29, 0.717) is 0 Å². The van der Waals surface area contributed by atoms with Crippen molar-refractivity contribution < 1.29 is 5.11 Å². The fraction of sp³-hybridized carbons (Fsp3) is 0.368. The first kappa shape index (κ1) is 14.7. The molecule has 4 unspecified atom stereocenters. The molecule has 4 heteroatoms. The number of hydrogen-bond donors (Lipinski definition) is 4. The Morgan fingerprint density at radius 1 is 1.35 bits per heavy atom. The fourth-order valence-electron chi connectivity index (χ4n) is 4.07. The third-order valence-electron chi connectivity index (χ3n) is 5.24. The topological polar surface area (TPSA) is 70.3 Å². The molecule has 4 rings (SSSR count). The number of nitrogens with one attached hydrogen (secondary N) is 2. The minimum Gasteiger partial charge on any atom is -0.398 e. The SMILES string of the molecule is CCC1C(O)c2cccc3c2C1NC1C=C(/C=C\C=C\3N)CN1. The van der Waals surface area contributed by atoms with Gasteiger partial charge < -0.3 is 10.8 Å². The van der Waals surface area contributed by atoms with Crippen LogP contribution in [0.4, 0.5) is 0 Å². The summed E-state index contributed by atoms with van der Waals surface area (Å²) in [6.07, 6.45) is 8.88. The first-order valence-corrected chi connectivity index (χ1v) is 8.34. The van der Waals surface area contributed by atoms with Gasteiger partial charge in [-0.2, -0.15) is 0 Å². The molecule has 4 atom stereocenters. The molecule has 5 N–H and O–H groups in total. The summed E-state index contributed by atoms with van der Waals surface area (Å²) in [7, 11) is 0. The number of benzene rings is 1. The second-order valence-electron chi connectivity index (χ2n) is 6.55. The molecule has 1 aromatic rings. The largest absolute Gasteiger partial charge is 0.398 e. The zero-order valence-electron chi connectivity index (χ0n) is 13.3. The van der Waals surface area contributed by atoms with Gasteiger partial charge in [0.15, 0.2) is 0 Å². The van der Waals surface area contributed by atoms with Crippen molar-refractivity contribution in [2.45, 2.75) is 31.7 Å². The lowest BCUT2D eigenvalue weighted by Gasteiger charge is -2.26. The summed E-state index contributed by atoms with van der Waals surface area (Å²) in [5.74, 6) is 0.159. The van der Waals surface area contributed by atoms with Gasteiger partial charge in [0.05, 0.1) is 12.3 Å². The van der Waals surface area contributed by atoms with Crippen LogP contribution in [0.1, 0.15) is 42.2 Å². The van der Waals surface area contributed by atoms with Crippen molar-refractivity contribution in [2.75, 3.05) is 6.54 Å². The number of allylic oxidation sites excluding steroid dienone is 2. The Morgan fingerprint density at radius 2 is 2.22 bits per heavy atom. The van der Waals surface area contributed by atoms with Crippen molar-refractivity contribution in [1.29, 1.82) is 0 Å². The summed E-state index contributed by atoms with van der Waals surface area (Å²) in [5.41, 5.74) is 11.5. The van der Waals surface area contributed by atoms with Crippen LogP contribution in [0.2, 0.25) is 0 Å². The third kappa shape index (κ3) is 2.34. The summed E-state index contributed by atoms with van der Waals surface area (Å²) in [6.45, 7) is 2.98. The smallest absolute Gasteiger partial charge is 0.0839 e. The standard InChI is InChI=1S/C19H23N3O/c1-2-12-18-17-13(6-4-7-14(17)19(12)23)15(20)8-3-5-11-9-16(22-18)21-10-11/h3-9,12,16,18-19,21-23H,2,10,20H2,1H3/b5-3-,15-8-. The predicted molar refractivity (Wildman–Crippen MR) is 92.2 cm³/mol. The maximum Gasteiger partial charge on any atom is 0.0839 e. The molecule has 1 aromatic carbocycles. The van der Waals surface area contributed by atoms with Crippen LogP contribution in [0.15, 0.2) is 48.1 Å². The molecule has 1 aliphatic carbocycles. The molecule has 0 radical (unpaired) electrons. The van der Waals surface area contributed by atoms with Gasteiger partial charge in [-0.1, -0.05) is 37.3 Å². The van der Waals surface area contributed by atoms with E-state index in [-0.39, 0.29) is 18.1 Å². The minimum absolute atomic E-state index is 0.0966. The zero-order valence-corrected chi connectivity index (χ0v) is 13.3. The lowest BCUT2D eigenvalue weighted by atomic mass is 9.93. The Labute approximate surface area is 136 Å². The first-order valence-electron chi connectivity index (χ1n) is 8.34. The van der Waals surface area contributed by atoms with E-state index in [4.69, 9.17) is 5.73 Å². The number of hydrogen-bond acceptors (Lipinski definition) is 4. The van der Waals surface area contributed by atoms with Gasteiger partial charge >= 0.3 is 0 Å². The zero-order chi connectivity index (χ0) is 16.0. The Balaban J connectivity index is 1.89. The Morgan fingerprint density at radius 3 is 3.04 bits per heavy atom. The van der Waals surface area contributed by atoms with E-state index >= 15 is 0 Å². The number of aliphatic hydroxyl groups excluding tert-OH is 1. The lowest BCUT2D eigenvalue weighted by molar-refractivity contribution is 0.0989. The maximum absolute atomic E-state index is 10.8. The minimum atomic E-state index is -0.441. The molecular weight excluding hydrogens is 286 g/mol. The Kier molecular flexibility index (Phi) is 3.60. The Bertz CT molecular complexity index is 719. The third-order valence-corrected chi connectivity index (χ3v) is 5.24. The van der Waals surface area contributed by atoms with Gasteiger partial charge in [-0.15, -0.1) is 0 Å². The molecule has 3 aliphatic rings. The van der Waals surface area contributed by atoms with Gasteiger partial charge in [-0.3, -0.25) is 10.6 Å². The van der Waals surface area contributed by atoms with E-state index in [2.05, 4.69) is 35.8 Å². The molecule has 23 heavy (non-hydrogen) atoms. The molecule has 0 spiro atoms. The molecule has 2 heterocycles. The summed E-state index contributed by atoms with van der Waals surface area (Å²) >= 11 is 0. The highest BCUT2D eigenvalue weighted by Gasteiger charge is 2.41. The molecule has 2 bridgehead atoms. The van der Waals surface area contributed by atoms with E-state index < -0.39 is 6.10 Å². The van der Waals surface area contributed by atoms with Crippen LogP contribution in [0.5, 0.6) is 0 Å². The van der Waals surface area contributed by atoms with Crippen LogP contribution in [-0.4, -0.2) is 17.8 Å². The van der Waals surface area contributed by atoms with Crippen molar-refractivity contribution >= 4 is 5.70 Å². The van der Waals surface area contributed by atoms with Crippen LogP contribution in [0.25, 0.3) is 5.70 Å². The van der Waals surface area contributed by atoms with Crippen molar-refractivity contribution in [3.63, 3.8) is 0 Å². The van der Waals surface area contributed by atoms with Crippen molar-refractivity contribution in [2.24, 2.45) is 11.7 Å². The maximum atomic E-state index is 10.8. The van der Waals surface area contributed by atoms with E-state index in [0.717, 1.165) is 35.4 Å². The van der Waals surface area contributed by atoms with Crippen LogP contribution in [0, 0.1) is 5.92 Å². The van der Waals surface area contributed by atoms with E-state index in [1.807, 2.05) is 24.3 Å². The highest BCUT2D eigenvalue weighted by Crippen LogP contribution is 2.47. The summed E-state index contributed by atoms with van der Waals surface area (Å²) in [6, 6.07) is 6.17. The number of fused-ring (bicyclic) bond motifs is 1. The molecule has 0 saturated heterocycles. The lowest BCUT2D eigenvalue weighted by Crippen LogP contribution is -2.41. The molecule has 4 nitrogen and oxygen atoms in total. The van der Waals surface area contributed by atoms with Crippen LogP contribution in [0.3, 0.4) is 0 Å². The first-order chi connectivity index (χ1) is 11.2. The van der Waals surface area contributed by atoms with E-state index in [9.17, 15) is 5.11 Å². The number of rotatable bonds is 1. The van der Waals surface area contributed by atoms with Crippen molar-refractivity contribution in [3.8, 4) is 0 Å². The van der Waals surface area contributed by atoms with Crippen LogP contribution >= 0.6 is 0 Å². The average Bonchev–Trinajstić information content (AvgIpc) is 3.09. The van der Waals surface area contributed by atoms with Crippen molar-refractivity contribution in [1.82, 2.24) is 10.6 Å². The summed E-state index contributed by atoms with van der Waals surface area (Å²) in [4.78, 5) is 0. The molecule has 0 amide bonds. The van der Waals surface area contributed by atoms with Crippen LogP contribution < -0.4 is 16.4 Å². The quantitative estimate of drug-likeness (QED) is 0.641. The van der Waals surface area contributed by atoms with Gasteiger partial charge in [0, 0.05) is 29.8 Å². The molecule has 0 saturated carbocycles. The number of nitrogens with two attached hydrogens (primary N) is 1. The molecule has 120 valence electrons. The van der Waals surface area contributed by atoms with E-state index in [1.165, 1.54) is 5.57 Å². The molecule has 2 aliphatic heterocycles. The van der Waals surface area contributed by atoms with Crippen LogP contribution in [-0.2, 0) is 0 Å². The summed E-state index contributed by atoms with van der Waals surface area (Å²) < 4.78 is 0. The van der Waals surface area contributed by atoms with Gasteiger partial charge in [0.25, 0.3) is 0 Å². The van der Waals surface area contributed by atoms with E-state index in [1.54, 1.807) is 0 Å². The van der Waals surface area contributed by atoms with Gasteiger partial charge in [0.1, 0.15) is 0 Å². The average molecular weight is 309 g/mol. The Hall–Kier alpha value is -1.88. The highest BCUT2D eigenvalue weighted by atomic mass is 16.3.